The van der Waals surface area contributed by atoms with Gasteiger partial charge in [0.05, 0.1) is 17.8 Å². The number of ether oxygens (including phenoxy) is 1. The molecule has 5 heteroatoms. The van der Waals surface area contributed by atoms with E-state index in [4.69, 9.17) is 4.74 Å². The molecular formula is C17H23FN2OS. The smallest absolute Gasteiger partial charge is 0.165 e. The van der Waals surface area contributed by atoms with Gasteiger partial charge in [-0.3, -0.25) is 0 Å². The largest absolute Gasteiger partial charge is 0.494 e. The van der Waals surface area contributed by atoms with Crippen molar-refractivity contribution in [2.45, 2.75) is 45.7 Å². The van der Waals surface area contributed by atoms with Gasteiger partial charge in [-0.25, -0.2) is 9.37 Å². The topological polar surface area (TPSA) is 34.1 Å². The zero-order valence-electron chi connectivity index (χ0n) is 13.7. The average Bonchev–Trinajstić information content (AvgIpc) is 2.93. The summed E-state index contributed by atoms with van der Waals surface area (Å²) in [6, 6.07) is 5.09. The summed E-state index contributed by atoms with van der Waals surface area (Å²) in [5.74, 6) is -0.0670. The Balaban J connectivity index is 1.99. The minimum absolute atomic E-state index is 0.0418. The van der Waals surface area contributed by atoms with Gasteiger partial charge in [0.25, 0.3) is 0 Å². The predicted molar refractivity (Wildman–Crippen MR) is 89.0 cm³/mol. The first-order valence-electron chi connectivity index (χ1n) is 7.33. The maximum atomic E-state index is 13.7. The first-order valence-corrected chi connectivity index (χ1v) is 8.21. The highest BCUT2D eigenvalue weighted by molar-refractivity contribution is 7.09. The van der Waals surface area contributed by atoms with Gasteiger partial charge in [-0.1, -0.05) is 26.8 Å². The van der Waals surface area contributed by atoms with E-state index in [1.54, 1.807) is 17.4 Å². The molecule has 0 amide bonds. The van der Waals surface area contributed by atoms with Gasteiger partial charge in [-0.15, -0.1) is 11.3 Å². The Hall–Kier alpha value is -1.46. The maximum absolute atomic E-state index is 13.7. The second-order valence-electron chi connectivity index (χ2n) is 6.39. The highest BCUT2D eigenvalue weighted by Crippen LogP contribution is 2.26. The predicted octanol–water partition coefficient (Wildman–Crippen LogP) is 4.44. The van der Waals surface area contributed by atoms with Gasteiger partial charge in [-0.2, -0.15) is 0 Å². The van der Waals surface area contributed by atoms with Crippen LogP contribution in [0.3, 0.4) is 0 Å². The standard InChI is InChI=1S/C17H23FN2OS/c1-11(12-6-7-15(21-5)14(18)8-12)19-9-13-10-22-16(20-13)17(2,3)4/h6-8,10-11,19H,9H2,1-5H3. The molecule has 0 fully saturated rings. The molecule has 0 aliphatic rings. The summed E-state index contributed by atoms with van der Waals surface area (Å²) in [6.07, 6.45) is 0. The minimum Gasteiger partial charge on any atom is -0.494 e. The molecule has 1 aromatic carbocycles. The molecule has 0 aliphatic heterocycles. The van der Waals surface area contributed by atoms with Crippen LogP contribution in [0.25, 0.3) is 0 Å². The summed E-state index contributed by atoms with van der Waals surface area (Å²) < 4.78 is 18.7. The summed E-state index contributed by atoms with van der Waals surface area (Å²) >= 11 is 1.68. The van der Waals surface area contributed by atoms with Crippen molar-refractivity contribution in [1.82, 2.24) is 10.3 Å². The average molecular weight is 322 g/mol. The van der Waals surface area contributed by atoms with Gasteiger partial charge in [0.1, 0.15) is 0 Å². The molecule has 1 aromatic heterocycles. The Morgan fingerprint density at radius 3 is 2.64 bits per heavy atom. The van der Waals surface area contributed by atoms with Crippen molar-refractivity contribution in [3.05, 3.63) is 45.7 Å². The molecule has 3 nitrogen and oxygen atoms in total. The molecule has 0 spiro atoms. The summed E-state index contributed by atoms with van der Waals surface area (Å²) in [6.45, 7) is 9.16. The number of thiazole rings is 1. The Kier molecular flexibility index (Phi) is 5.19. The van der Waals surface area contributed by atoms with Crippen LogP contribution in [0.15, 0.2) is 23.6 Å². The minimum atomic E-state index is -0.336. The van der Waals surface area contributed by atoms with E-state index < -0.39 is 0 Å². The van der Waals surface area contributed by atoms with Crippen molar-refractivity contribution in [2.75, 3.05) is 7.11 Å². The highest BCUT2D eigenvalue weighted by atomic mass is 32.1. The van der Waals surface area contributed by atoms with E-state index in [1.165, 1.54) is 13.2 Å². The van der Waals surface area contributed by atoms with E-state index in [-0.39, 0.29) is 23.0 Å². The lowest BCUT2D eigenvalue weighted by Crippen LogP contribution is -2.19. The van der Waals surface area contributed by atoms with Crippen LogP contribution in [0, 0.1) is 5.82 Å². The molecule has 1 unspecified atom stereocenters. The maximum Gasteiger partial charge on any atom is 0.165 e. The number of aromatic nitrogens is 1. The third-order valence-electron chi connectivity index (χ3n) is 3.46. The van der Waals surface area contributed by atoms with Gasteiger partial charge in [0.15, 0.2) is 11.6 Å². The lowest BCUT2D eigenvalue weighted by atomic mass is 9.98. The van der Waals surface area contributed by atoms with Gasteiger partial charge in [0.2, 0.25) is 0 Å². The fraction of sp³-hybridized carbons (Fsp3) is 0.471. The van der Waals surface area contributed by atoms with E-state index >= 15 is 0 Å². The van der Waals surface area contributed by atoms with E-state index in [0.717, 1.165) is 16.3 Å². The van der Waals surface area contributed by atoms with E-state index in [1.807, 2.05) is 13.0 Å². The third kappa shape index (κ3) is 4.05. The Morgan fingerprint density at radius 1 is 1.36 bits per heavy atom. The van der Waals surface area contributed by atoms with Crippen LogP contribution in [-0.2, 0) is 12.0 Å². The molecular weight excluding hydrogens is 299 g/mol. The van der Waals surface area contributed by atoms with Gasteiger partial charge in [-0.05, 0) is 24.6 Å². The second kappa shape index (κ2) is 6.75. The van der Waals surface area contributed by atoms with Gasteiger partial charge < -0.3 is 10.1 Å². The third-order valence-corrected chi connectivity index (χ3v) is 4.78. The lowest BCUT2D eigenvalue weighted by Gasteiger charge is -2.15. The molecule has 22 heavy (non-hydrogen) atoms. The van der Waals surface area contributed by atoms with Crippen LogP contribution in [0.1, 0.15) is 50.0 Å². The molecule has 0 saturated heterocycles. The molecule has 0 bridgehead atoms. The quantitative estimate of drug-likeness (QED) is 0.883. The number of methoxy groups -OCH3 is 1. The van der Waals surface area contributed by atoms with E-state index in [9.17, 15) is 4.39 Å². The number of rotatable bonds is 5. The van der Waals surface area contributed by atoms with Crippen molar-refractivity contribution in [1.29, 1.82) is 0 Å². The van der Waals surface area contributed by atoms with Crippen molar-refractivity contribution in [3.8, 4) is 5.75 Å². The van der Waals surface area contributed by atoms with E-state index in [2.05, 4.69) is 36.5 Å². The number of nitrogens with one attached hydrogen (secondary N) is 1. The molecule has 0 radical (unpaired) electrons. The second-order valence-corrected chi connectivity index (χ2v) is 7.25. The normalized spacial score (nSPS) is 13.2. The molecule has 2 aromatic rings. The van der Waals surface area contributed by atoms with Crippen molar-refractivity contribution >= 4 is 11.3 Å². The molecule has 1 atom stereocenters. The van der Waals surface area contributed by atoms with Crippen molar-refractivity contribution in [3.63, 3.8) is 0 Å². The number of hydrogen-bond donors (Lipinski definition) is 1. The molecule has 1 heterocycles. The number of hydrogen-bond acceptors (Lipinski definition) is 4. The fourth-order valence-electron chi connectivity index (χ4n) is 2.06. The number of benzene rings is 1. The fourth-order valence-corrected chi connectivity index (χ4v) is 2.97. The van der Waals surface area contributed by atoms with Crippen LogP contribution >= 0.6 is 11.3 Å². The van der Waals surface area contributed by atoms with Crippen LogP contribution in [0.2, 0.25) is 0 Å². The zero-order valence-corrected chi connectivity index (χ0v) is 14.6. The summed E-state index contributed by atoms with van der Waals surface area (Å²) in [7, 11) is 1.47. The summed E-state index contributed by atoms with van der Waals surface area (Å²) in [5.41, 5.74) is 1.99. The first kappa shape index (κ1) is 16.9. The van der Waals surface area contributed by atoms with Crippen LogP contribution in [0.5, 0.6) is 5.75 Å². The van der Waals surface area contributed by atoms with Crippen LogP contribution in [-0.4, -0.2) is 12.1 Å². The Morgan fingerprint density at radius 2 is 2.09 bits per heavy atom. The number of halogens is 1. The molecule has 0 aliphatic carbocycles. The van der Waals surface area contributed by atoms with Crippen LogP contribution < -0.4 is 10.1 Å². The highest BCUT2D eigenvalue weighted by Gasteiger charge is 2.18. The van der Waals surface area contributed by atoms with Gasteiger partial charge in [0, 0.05) is 23.4 Å². The number of nitrogens with zero attached hydrogens (tertiary/aromatic N) is 1. The van der Waals surface area contributed by atoms with Crippen molar-refractivity contribution < 1.29 is 9.13 Å². The monoisotopic (exact) mass is 322 g/mol. The Labute approximate surface area is 135 Å². The summed E-state index contributed by atoms with van der Waals surface area (Å²) in [5, 5.41) is 6.59. The van der Waals surface area contributed by atoms with E-state index in [0.29, 0.717) is 6.54 Å². The SMILES string of the molecule is COc1ccc(C(C)NCc2csc(C(C)(C)C)n2)cc1F. The molecule has 1 N–H and O–H groups in total. The zero-order chi connectivity index (χ0) is 16.3. The molecule has 2 rings (SSSR count). The Bertz CT molecular complexity index is 634. The van der Waals surface area contributed by atoms with Crippen LogP contribution in [0.4, 0.5) is 4.39 Å². The van der Waals surface area contributed by atoms with Gasteiger partial charge >= 0.3 is 0 Å². The first-order chi connectivity index (χ1) is 10.3. The summed E-state index contributed by atoms with van der Waals surface area (Å²) in [4.78, 5) is 4.65. The molecule has 120 valence electrons. The lowest BCUT2D eigenvalue weighted by molar-refractivity contribution is 0.385. The van der Waals surface area contributed by atoms with Crippen molar-refractivity contribution in [2.24, 2.45) is 0 Å². The molecule has 0 saturated carbocycles.